The van der Waals surface area contributed by atoms with Gasteiger partial charge in [-0.05, 0) is 42.2 Å². The van der Waals surface area contributed by atoms with E-state index in [1.165, 1.54) is 4.31 Å². The molecule has 0 bridgehead atoms. The van der Waals surface area contributed by atoms with Crippen LogP contribution in [0.3, 0.4) is 0 Å². The molecule has 2 rings (SSSR count). The lowest BCUT2D eigenvalue weighted by atomic mass is 9.97. The summed E-state index contributed by atoms with van der Waals surface area (Å²) in [4.78, 5) is 0. The zero-order chi connectivity index (χ0) is 18.4. The van der Waals surface area contributed by atoms with E-state index in [0.717, 1.165) is 23.1 Å². The summed E-state index contributed by atoms with van der Waals surface area (Å²) < 4.78 is 28.7. The van der Waals surface area contributed by atoms with E-state index in [9.17, 15) is 8.42 Å². The molecule has 0 saturated heterocycles. The van der Waals surface area contributed by atoms with Crippen LogP contribution in [0.2, 0.25) is 0 Å². The minimum Gasteiger partial charge on any atom is -0.397 e. The summed E-state index contributed by atoms with van der Waals surface area (Å²) in [6, 6.07) is 15.3. The number of nitrogens with two attached hydrogens (primary N) is 1. The Morgan fingerprint density at radius 3 is 2.44 bits per heavy atom. The van der Waals surface area contributed by atoms with Gasteiger partial charge < -0.3 is 5.73 Å². The molecule has 0 saturated carbocycles. The van der Waals surface area contributed by atoms with Gasteiger partial charge in [0.05, 0.1) is 11.4 Å². The summed E-state index contributed by atoms with van der Waals surface area (Å²) in [7, 11) is -2.08. The van der Waals surface area contributed by atoms with E-state index >= 15 is 0 Å². The zero-order valence-electron chi connectivity index (χ0n) is 14.9. The summed E-state index contributed by atoms with van der Waals surface area (Å²) in [5, 5.41) is 0. The van der Waals surface area contributed by atoms with E-state index in [1.807, 2.05) is 56.3 Å². The minimum atomic E-state index is -3.63. The number of nitrogens with zero attached hydrogens (tertiary/aromatic N) is 1. The molecule has 5 nitrogen and oxygen atoms in total. The molecule has 134 valence electrons. The van der Waals surface area contributed by atoms with Crippen molar-refractivity contribution in [1.29, 1.82) is 0 Å². The second-order valence-electron chi connectivity index (χ2n) is 5.80. The normalized spacial score (nSPS) is 12.4. The molecule has 2 aromatic rings. The fraction of sp³-hybridized carbons (Fsp3) is 0.263. The van der Waals surface area contributed by atoms with Crippen molar-refractivity contribution in [2.24, 2.45) is 0 Å². The van der Waals surface area contributed by atoms with Crippen LogP contribution < -0.4 is 10.5 Å². The van der Waals surface area contributed by atoms with Crippen molar-refractivity contribution in [1.82, 2.24) is 4.31 Å². The van der Waals surface area contributed by atoms with Crippen LogP contribution in [0.1, 0.15) is 31.4 Å². The monoisotopic (exact) mass is 359 g/mol. The van der Waals surface area contributed by atoms with Crippen LogP contribution in [0.25, 0.3) is 5.57 Å². The summed E-state index contributed by atoms with van der Waals surface area (Å²) >= 11 is 0. The first-order valence-corrected chi connectivity index (χ1v) is 9.68. The molecule has 0 aromatic heterocycles. The van der Waals surface area contributed by atoms with E-state index in [-0.39, 0.29) is 0 Å². The Morgan fingerprint density at radius 1 is 1.16 bits per heavy atom. The van der Waals surface area contributed by atoms with Gasteiger partial charge in [-0.25, -0.2) is 0 Å². The number of nitrogens with one attached hydrogen (secondary N) is 1. The second kappa shape index (κ2) is 8.18. The Kier molecular flexibility index (Phi) is 6.22. The molecule has 0 aliphatic carbocycles. The molecule has 0 amide bonds. The van der Waals surface area contributed by atoms with Crippen molar-refractivity contribution in [3.05, 3.63) is 65.7 Å². The maximum Gasteiger partial charge on any atom is 0.301 e. The Balaban J connectivity index is 2.38. The zero-order valence-corrected chi connectivity index (χ0v) is 15.7. The molecular formula is C19H25N3O2S. The quantitative estimate of drug-likeness (QED) is 0.740. The van der Waals surface area contributed by atoms with E-state index in [4.69, 9.17) is 5.73 Å². The highest BCUT2D eigenvalue weighted by Crippen LogP contribution is 2.29. The van der Waals surface area contributed by atoms with Gasteiger partial charge in [0.25, 0.3) is 0 Å². The van der Waals surface area contributed by atoms with E-state index in [0.29, 0.717) is 17.9 Å². The SMILES string of the molecule is C/C=C(\c1ccccc1)c1ccc(N)c(NS(=O)(=O)N(C)CCC)c1. The maximum atomic E-state index is 12.4. The fourth-order valence-electron chi connectivity index (χ4n) is 2.58. The average Bonchev–Trinajstić information content (AvgIpc) is 2.59. The number of allylic oxidation sites excluding steroid dienone is 1. The third kappa shape index (κ3) is 4.61. The van der Waals surface area contributed by atoms with Crippen molar-refractivity contribution >= 4 is 27.2 Å². The van der Waals surface area contributed by atoms with Crippen molar-refractivity contribution in [3.63, 3.8) is 0 Å². The molecule has 0 heterocycles. The number of hydrogen-bond acceptors (Lipinski definition) is 3. The van der Waals surface area contributed by atoms with Crippen LogP contribution in [0.4, 0.5) is 11.4 Å². The van der Waals surface area contributed by atoms with Crippen molar-refractivity contribution in [3.8, 4) is 0 Å². The Hall–Kier alpha value is -2.31. The molecule has 2 aromatic carbocycles. The summed E-state index contributed by atoms with van der Waals surface area (Å²) in [6.45, 7) is 4.33. The molecule has 25 heavy (non-hydrogen) atoms. The average molecular weight is 359 g/mol. The Labute approximate surface area is 150 Å². The lowest BCUT2D eigenvalue weighted by Gasteiger charge is -2.19. The molecule has 0 spiro atoms. The number of anilines is 2. The second-order valence-corrected chi connectivity index (χ2v) is 7.58. The molecule has 0 fully saturated rings. The highest BCUT2D eigenvalue weighted by Gasteiger charge is 2.18. The largest absolute Gasteiger partial charge is 0.397 e. The minimum absolute atomic E-state index is 0.385. The van der Waals surface area contributed by atoms with Crippen molar-refractivity contribution in [2.75, 3.05) is 24.0 Å². The predicted octanol–water partition coefficient (Wildman–Crippen LogP) is 3.72. The van der Waals surface area contributed by atoms with Gasteiger partial charge >= 0.3 is 10.2 Å². The molecule has 3 N–H and O–H groups in total. The van der Waals surface area contributed by atoms with Crippen LogP contribution in [0.15, 0.2) is 54.6 Å². The van der Waals surface area contributed by atoms with Gasteiger partial charge in [0.15, 0.2) is 0 Å². The van der Waals surface area contributed by atoms with Crippen molar-refractivity contribution < 1.29 is 8.42 Å². The summed E-state index contributed by atoms with van der Waals surface area (Å²) in [6.07, 6.45) is 2.74. The van der Waals surface area contributed by atoms with Gasteiger partial charge in [-0.15, -0.1) is 0 Å². The fourth-order valence-corrected chi connectivity index (χ4v) is 3.62. The van der Waals surface area contributed by atoms with Crippen LogP contribution in [0, 0.1) is 0 Å². The van der Waals surface area contributed by atoms with E-state index in [2.05, 4.69) is 4.72 Å². The third-order valence-corrected chi connectivity index (χ3v) is 5.41. The smallest absolute Gasteiger partial charge is 0.301 e. The first kappa shape index (κ1) is 19.0. The van der Waals surface area contributed by atoms with Gasteiger partial charge in [0.2, 0.25) is 0 Å². The molecule has 0 radical (unpaired) electrons. The standard InChI is InChI=1S/C19H25N3O2S/c1-4-13-22(3)25(23,24)21-19-14-16(11-12-18(19)20)17(5-2)15-9-7-6-8-10-15/h5-12,14,21H,4,13,20H2,1-3H3/b17-5+. The lowest BCUT2D eigenvalue weighted by molar-refractivity contribution is 0.473. The molecule has 0 aliphatic rings. The number of benzene rings is 2. The van der Waals surface area contributed by atoms with Crippen molar-refractivity contribution in [2.45, 2.75) is 20.3 Å². The molecule has 0 unspecified atom stereocenters. The highest BCUT2D eigenvalue weighted by molar-refractivity contribution is 7.90. The van der Waals surface area contributed by atoms with E-state index < -0.39 is 10.2 Å². The predicted molar refractivity (Wildman–Crippen MR) is 106 cm³/mol. The van der Waals surface area contributed by atoms with Gasteiger partial charge in [-0.1, -0.05) is 49.4 Å². The first-order chi connectivity index (χ1) is 11.9. The van der Waals surface area contributed by atoms with Crippen LogP contribution in [-0.4, -0.2) is 26.3 Å². The van der Waals surface area contributed by atoms with Crippen LogP contribution in [-0.2, 0) is 10.2 Å². The van der Waals surface area contributed by atoms with Gasteiger partial charge in [0, 0.05) is 13.6 Å². The molecular weight excluding hydrogens is 334 g/mol. The maximum absolute atomic E-state index is 12.4. The third-order valence-electron chi connectivity index (χ3n) is 3.93. The summed E-state index contributed by atoms with van der Waals surface area (Å²) in [5.41, 5.74) is 9.74. The van der Waals surface area contributed by atoms with Crippen LogP contribution in [0.5, 0.6) is 0 Å². The van der Waals surface area contributed by atoms with Gasteiger partial charge in [0.1, 0.15) is 0 Å². The molecule has 0 aliphatic heterocycles. The number of hydrogen-bond donors (Lipinski definition) is 2. The number of rotatable bonds is 7. The van der Waals surface area contributed by atoms with Gasteiger partial charge in [-0.3, -0.25) is 4.72 Å². The topological polar surface area (TPSA) is 75.4 Å². The Bertz CT molecular complexity index is 846. The first-order valence-electron chi connectivity index (χ1n) is 8.24. The van der Waals surface area contributed by atoms with Crippen LogP contribution >= 0.6 is 0 Å². The lowest BCUT2D eigenvalue weighted by Crippen LogP contribution is -2.33. The molecule has 6 heteroatoms. The molecule has 0 atom stereocenters. The van der Waals surface area contributed by atoms with E-state index in [1.54, 1.807) is 19.2 Å². The Morgan fingerprint density at radius 2 is 1.84 bits per heavy atom. The summed E-state index contributed by atoms with van der Waals surface area (Å²) in [5.74, 6) is 0. The van der Waals surface area contributed by atoms with Gasteiger partial charge in [-0.2, -0.15) is 12.7 Å². The highest BCUT2D eigenvalue weighted by atomic mass is 32.2. The number of nitrogen functional groups attached to an aromatic ring is 1.